The Morgan fingerprint density at radius 2 is 2.12 bits per heavy atom. The van der Waals surface area contributed by atoms with Gasteiger partial charge in [0.15, 0.2) is 0 Å². The molecule has 0 fully saturated rings. The molecule has 92 valence electrons. The van der Waals surface area contributed by atoms with E-state index in [4.69, 9.17) is 0 Å². The molecule has 0 aliphatic rings. The summed E-state index contributed by atoms with van der Waals surface area (Å²) < 4.78 is 0. The second-order valence-electron chi connectivity index (χ2n) is 3.21. The van der Waals surface area contributed by atoms with E-state index in [1.165, 1.54) is 7.05 Å². The summed E-state index contributed by atoms with van der Waals surface area (Å²) in [4.78, 5) is 23.4. The van der Waals surface area contributed by atoms with Crippen LogP contribution in [0, 0.1) is 0 Å². The van der Waals surface area contributed by atoms with E-state index in [-0.39, 0.29) is 12.5 Å². The number of hydrogen-bond acceptors (Lipinski definition) is 3. The van der Waals surface area contributed by atoms with Gasteiger partial charge >= 0.3 is 6.03 Å². The van der Waals surface area contributed by atoms with Crippen molar-refractivity contribution in [3.63, 3.8) is 0 Å². The summed E-state index contributed by atoms with van der Waals surface area (Å²) in [5, 5.41) is 7.52. The molecule has 0 aliphatic carbocycles. The zero-order valence-electron chi connectivity index (χ0n) is 9.74. The highest BCUT2D eigenvalue weighted by Crippen LogP contribution is 2.18. The van der Waals surface area contributed by atoms with Crippen LogP contribution in [0.4, 0.5) is 10.5 Å². The van der Waals surface area contributed by atoms with E-state index < -0.39 is 6.03 Å². The molecule has 0 bridgehead atoms. The summed E-state index contributed by atoms with van der Waals surface area (Å²) in [6, 6.07) is 7.08. The quantitative estimate of drug-likeness (QED) is 0.708. The van der Waals surface area contributed by atoms with Gasteiger partial charge in [0, 0.05) is 17.6 Å². The predicted molar refractivity (Wildman–Crippen MR) is 69.3 cm³/mol. The van der Waals surface area contributed by atoms with Crippen molar-refractivity contribution < 1.29 is 9.59 Å². The highest BCUT2D eigenvalue weighted by Gasteiger charge is 2.04. The minimum Gasteiger partial charge on any atom is -0.358 e. The topological polar surface area (TPSA) is 70.2 Å². The monoisotopic (exact) mass is 253 g/mol. The molecule has 0 saturated heterocycles. The normalized spacial score (nSPS) is 9.53. The SMILES string of the molecule is CNC(=O)CNC(=O)Nc1cccc(SC)c1. The highest BCUT2D eigenvalue weighted by atomic mass is 32.2. The van der Waals surface area contributed by atoms with Gasteiger partial charge in [-0.25, -0.2) is 4.79 Å². The number of benzene rings is 1. The molecule has 0 aliphatic heterocycles. The fourth-order valence-electron chi connectivity index (χ4n) is 1.13. The largest absolute Gasteiger partial charge is 0.358 e. The molecular weight excluding hydrogens is 238 g/mol. The summed E-state index contributed by atoms with van der Waals surface area (Å²) in [6.45, 7) is -0.0372. The van der Waals surface area contributed by atoms with Gasteiger partial charge in [-0.3, -0.25) is 4.79 Å². The third-order valence-electron chi connectivity index (χ3n) is 2.02. The lowest BCUT2D eigenvalue weighted by Crippen LogP contribution is -2.37. The molecule has 0 heterocycles. The molecular formula is C11H15N3O2S. The van der Waals surface area contributed by atoms with Crippen LogP contribution in [0.25, 0.3) is 0 Å². The van der Waals surface area contributed by atoms with Crippen LogP contribution < -0.4 is 16.0 Å². The molecule has 0 atom stereocenters. The van der Waals surface area contributed by atoms with Gasteiger partial charge in [0.05, 0.1) is 6.54 Å². The number of hydrogen-bond donors (Lipinski definition) is 3. The lowest BCUT2D eigenvalue weighted by Gasteiger charge is -2.07. The van der Waals surface area contributed by atoms with E-state index in [0.717, 1.165) is 4.90 Å². The standard InChI is InChI=1S/C11H15N3O2S/c1-12-10(15)7-13-11(16)14-8-4-3-5-9(6-8)17-2/h3-6H,7H2,1-2H3,(H,12,15)(H2,13,14,16). The van der Waals surface area contributed by atoms with Gasteiger partial charge in [0.2, 0.25) is 5.91 Å². The Morgan fingerprint density at radius 3 is 2.76 bits per heavy atom. The third-order valence-corrected chi connectivity index (χ3v) is 2.74. The number of likely N-dealkylation sites (N-methyl/N-ethyl adjacent to an activating group) is 1. The van der Waals surface area contributed by atoms with Crippen molar-refractivity contribution in [2.45, 2.75) is 4.90 Å². The Kier molecular flexibility index (Phi) is 5.35. The molecule has 0 spiro atoms. The molecule has 0 unspecified atom stereocenters. The number of carbonyl (C=O) groups excluding carboxylic acids is 2. The van der Waals surface area contributed by atoms with Gasteiger partial charge < -0.3 is 16.0 Å². The van der Waals surface area contributed by atoms with Crippen molar-refractivity contribution in [2.75, 3.05) is 25.2 Å². The van der Waals surface area contributed by atoms with Crippen molar-refractivity contribution >= 4 is 29.4 Å². The van der Waals surface area contributed by atoms with Gasteiger partial charge in [-0.1, -0.05) is 6.07 Å². The number of nitrogens with one attached hydrogen (secondary N) is 3. The Balaban J connectivity index is 2.47. The Labute approximate surface area is 104 Å². The van der Waals surface area contributed by atoms with E-state index >= 15 is 0 Å². The van der Waals surface area contributed by atoms with Crippen LogP contribution in [0.1, 0.15) is 0 Å². The smallest absolute Gasteiger partial charge is 0.319 e. The number of carbonyl (C=O) groups is 2. The molecule has 0 aromatic heterocycles. The molecule has 3 amide bonds. The molecule has 5 nitrogen and oxygen atoms in total. The number of urea groups is 1. The number of amides is 3. The fourth-order valence-corrected chi connectivity index (χ4v) is 1.58. The summed E-state index contributed by atoms with van der Waals surface area (Å²) in [6.07, 6.45) is 1.96. The van der Waals surface area contributed by atoms with Gasteiger partial charge in [0.25, 0.3) is 0 Å². The van der Waals surface area contributed by atoms with Gasteiger partial charge in [-0.05, 0) is 24.5 Å². The molecule has 6 heteroatoms. The third kappa shape index (κ3) is 4.78. The number of rotatable bonds is 4. The second kappa shape index (κ2) is 6.80. The van der Waals surface area contributed by atoms with Crippen LogP contribution in [0.3, 0.4) is 0 Å². The second-order valence-corrected chi connectivity index (χ2v) is 4.09. The van der Waals surface area contributed by atoms with Crippen LogP contribution in [0.5, 0.6) is 0 Å². The van der Waals surface area contributed by atoms with Crippen molar-refractivity contribution in [2.24, 2.45) is 0 Å². The molecule has 3 N–H and O–H groups in total. The maximum absolute atomic E-state index is 11.4. The minimum absolute atomic E-state index is 0.0372. The van der Waals surface area contributed by atoms with E-state index in [1.54, 1.807) is 17.8 Å². The van der Waals surface area contributed by atoms with Gasteiger partial charge in [-0.2, -0.15) is 0 Å². The van der Waals surface area contributed by atoms with Gasteiger partial charge in [-0.15, -0.1) is 11.8 Å². The van der Waals surface area contributed by atoms with Crippen LogP contribution in [-0.4, -0.2) is 31.8 Å². The fraction of sp³-hybridized carbons (Fsp3) is 0.273. The van der Waals surface area contributed by atoms with Crippen LogP contribution in [-0.2, 0) is 4.79 Å². The first-order chi connectivity index (χ1) is 8.15. The zero-order valence-corrected chi connectivity index (χ0v) is 10.6. The zero-order chi connectivity index (χ0) is 12.7. The van der Waals surface area contributed by atoms with Gasteiger partial charge in [0.1, 0.15) is 0 Å². The Morgan fingerprint density at radius 1 is 1.35 bits per heavy atom. The lowest BCUT2D eigenvalue weighted by atomic mass is 10.3. The first-order valence-electron chi connectivity index (χ1n) is 5.05. The average Bonchev–Trinajstić information content (AvgIpc) is 2.36. The molecule has 0 radical (unpaired) electrons. The first-order valence-corrected chi connectivity index (χ1v) is 6.27. The predicted octanol–water partition coefficient (Wildman–Crippen LogP) is 1.28. The minimum atomic E-state index is -0.396. The molecule has 1 aromatic carbocycles. The first kappa shape index (κ1) is 13.4. The lowest BCUT2D eigenvalue weighted by molar-refractivity contribution is -0.119. The summed E-state index contributed by atoms with van der Waals surface area (Å²) in [5.41, 5.74) is 0.700. The molecule has 0 saturated carbocycles. The number of anilines is 1. The Bertz CT molecular complexity index is 409. The van der Waals surface area contributed by atoms with Crippen molar-refractivity contribution in [3.8, 4) is 0 Å². The average molecular weight is 253 g/mol. The Hall–Kier alpha value is -1.69. The van der Waals surface area contributed by atoms with E-state index in [0.29, 0.717) is 5.69 Å². The molecule has 1 aromatic rings. The van der Waals surface area contributed by atoms with E-state index in [1.807, 2.05) is 24.5 Å². The van der Waals surface area contributed by atoms with Crippen LogP contribution in [0.2, 0.25) is 0 Å². The maximum Gasteiger partial charge on any atom is 0.319 e. The van der Waals surface area contributed by atoms with Crippen LogP contribution >= 0.6 is 11.8 Å². The molecule has 1 rings (SSSR count). The summed E-state index contributed by atoms with van der Waals surface area (Å²) in [7, 11) is 1.52. The summed E-state index contributed by atoms with van der Waals surface area (Å²) >= 11 is 1.60. The highest BCUT2D eigenvalue weighted by molar-refractivity contribution is 7.98. The van der Waals surface area contributed by atoms with Crippen LogP contribution in [0.15, 0.2) is 29.2 Å². The molecule has 17 heavy (non-hydrogen) atoms. The van der Waals surface area contributed by atoms with Crippen molar-refractivity contribution in [1.82, 2.24) is 10.6 Å². The summed E-state index contributed by atoms with van der Waals surface area (Å²) in [5.74, 6) is -0.238. The number of thioether (sulfide) groups is 1. The van der Waals surface area contributed by atoms with Crippen molar-refractivity contribution in [1.29, 1.82) is 0 Å². The van der Waals surface area contributed by atoms with Crippen molar-refractivity contribution in [3.05, 3.63) is 24.3 Å². The van der Waals surface area contributed by atoms with E-state index in [2.05, 4.69) is 16.0 Å². The maximum atomic E-state index is 11.4. The van der Waals surface area contributed by atoms with E-state index in [9.17, 15) is 9.59 Å².